The number of nitrogens with zero attached hydrogens (tertiary/aromatic N) is 1. The minimum absolute atomic E-state index is 0.331. The fourth-order valence-corrected chi connectivity index (χ4v) is 4.00. The smallest absolute Gasteiger partial charge is 0.0360 e. The molecule has 0 aromatic carbocycles. The maximum Gasteiger partial charge on any atom is 0.0360 e. The molecule has 2 aliphatic rings. The van der Waals surface area contributed by atoms with Crippen molar-refractivity contribution >= 4 is 0 Å². The van der Waals surface area contributed by atoms with E-state index in [4.69, 9.17) is 5.73 Å². The molecule has 0 amide bonds. The van der Waals surface area contributed by atoms with Crippen molar-refractivity contribution in [2.45, 2.75) is 70.4 Å². The number of nitrogens with two attached hydrogens (primary N) is 1. The number of piperidine rings is 1. The van der Waals surface area contributed by atoms with E-state index in [-0.39, 0.29) is 0 Å². The van der Waals surface area contributed by atoms with Crippen LogP contribution in [0.25, 0.3) is 0 Å². The predicted octanol–water partition coefficient (Wildman–Crippen LogP) is 2.77. The van der Waals surface area contributed by atoms with Crippen molar-refractivity contribution in [2.24, 2.45) is 11.7 Å². The van der Waals surface area contributed by atoms with Crippen LogP contribution in [0.1, 0.15) is 58.8 Å². The molecule has 1 saturated heterocycles. The Hall–Kier alpha value is -0.0800. The molecule has 16 heavy (non-hydrogen) atoms. The molecule has 1 aliphatic heterocycles. The molecular formula is C14H28N2. The minimum Gasteiger partial charge on any atom is -0.329 e. The van der Waals surface area contributed by atoms with E-state index in [1.165, 1.54) is 51.5 Å². The Balaban J connectivity index is 2.17. The normalized spacial score (nSPS) is 42.2. The van der Waals surface area contributed by atoms with Crippen molar-refractivity contribution in [1.82, 2.24) is 4.90 Å². The summed E-state index contributed by atoms with van der Waals surface area (Å²) in [5.41, 5.74) is 6.51. The molecule has 1 heterocycles. The van der Waals surface area contributed by atoms with Gasteiger partial charge in [0, 0.05) is 18.1 Å². The van der Waals surface area contributed by atoms with E-state index in [9.17, 15) is 0 Å². The molecule has 3 atom stereocenters. The Morgan fingerprint density at radius 3 is 2.50 bits per heavy atom. The Morgan fingerprint density at radius 2 is 1.88 bits per heavy atom. The molecule has 0 radical (unpaired) electrons. The summed E-state index contributed by atoms with van der Waals surface area (Å²) in [6, 6.07) is 0.748. The van der Waals surface area contributed by atoms with Crippen LogP contribution in [0.4, 0.5) is 0 Å². The summed E-state index contributed by atoms with van der Waals surface area (Å²) in [5, 5.41) is 0. The van der Waals surface area contributed by atoms with Crippen LogP contribution in [0.15, 0.2) is 0 Å². The zero-order chi connectivity index (χ0) is 11.6. The Kier molecular flexibility index (Phi) is 3.91. The van der Waals surface area contributed by atoms with Crippen LogP contribution in [0.2, 0.25) is 0 Å². The molecule has 94 valence electrons. The van der Waals surface area contributed by atoms with E-state index in [0.717, 1.165) is 18.5 Å². The van der Waals surface area contributed by atoms with E-state index in [0.29, 0.717) is 5.54 Å². The second-order valence-electron chi connectivity index (χ2n) is 5.99. The summed E-state index contributed by atoms with van der Waals surface area (Å²) in [6.07, 6.45) is 9.64. The van der Waals surface area contributed by atoms with E-state index in [2.05, 4.69) is 18.7 Å². The van der Waals surface area contributed by atoms with Gasteiger partial charge in [-0.05, 0) is 45.1 Å². The van der Waals surface area contributed by atoms with E-state index >= 15 is 0 Å². The summed E-state index contributed by atoms with van der Waals surface area (Å²) in [4.78, 5) is 2.76. The third-order valence-electron chi connectivity index (χ3n) is 5.14. The van der Waals surface area contributed by atoms with Gasteiger partial charge in [0.2, 0.25) is 0 Å². The molecular weight excluding hydrogens is 196 g/mol. The third kappa shape index (κ3) is 2.02. The van der Waals surface area contributed by atoms with Gasteiger partial charge in [-0.3, -0.25) is 4.90 Å². The first kappa shape index (κ1) is 12.4. The van der Waals surface area contributed by atoms with Gasteiger partial charge in [0.1, 0.15) is 0 Å². The third-order valence-corrected chi connectivity index (χ3v) is 5.14. The van der Waals surface area contributed by atoms with Crippen molar-refractivity contribution in [2.75, 3.05) is 13.1 Å². The quantitative estimate of drug-likeness (QED) is 0.781. The summed E-state index contributed by atoms with van der Waals surface area (Å²) in [7, 11) is 0. The summed E-state index contributed by atoms with van der Waals surface area (Å²) in [6.45, 7) is 6.96. The van der Waals surface area contributed by atoms with Crippen LogP contribution in [-0.4, -0.2) is 29.6 Å². The molecule has 2 fully saturated rings. The molecule has 0 aromatic rings. The lowest BCUT2D eigenvalue weighted by molar-refractivity contribution is -0.0298. The lowest BCUT2D eigenvalue weighted by Crippen LogP contribution is -2.62. The number of hydrogen-bond donors (Lipinski definition) is 1. The van der Waals surface area contributed by atoms with Gasteiger partial charge in [-0.1, -0.05) is 26.2 Å². The van der Waals surface area contributed by atoms with Gasteiger partial charge in [-0.15, -0.1) is 0 Å². The van der Waals surface area contributed by atoms with Gasteiger partial charge in [-0.2, -0.15) is 0 Å². The SMILES string of the molecule is CC1CCCCN1C1(CN)CCCCC1C. The maximum absolute atomic E-state index is 6.18. The molecule has 0 bridgehead atoms. The van der Waals surface area contributed by atoms with E-state index in [1.807, 2.05) is 0 Å². The van der Waals surface area contributed by atoms with Gasteiger partial charge in [0.25, 0.3) is 0 Å². The highest BCUT2D eigenvalue weighted by Gasteiger charge is 2.44. The molecule has 2 heteroatoms. The van der Waals surface area contributed by atoms with Crippen LogP contribution < -0.4 is 5.73 Å². The second-order valence-corrected chi connectivity index (χ2v) is 5.99. The Morgan fingerprint density at radius 1 is 1.12 bits per heavy atom. The van der Waals surface area contributed by atoms with Crippen molar-refractivity contribution < 1.29 is 0 Å². The first-order valence-corrected chi connectivity index (χ1v) is 7.17. The summed E-state index contributed by atoms with van der Waals surface area (Å²) >= 11 is 0. The average Bonchev–Trinajstić information content (AvgIpc) is 2.31. The summed E-state index contributed by atoms with van der Waals surface area (Å²) in [5.74, 6) is 0.784. The minimum atomic E-state index is 0.331. The first-order valence-electron chi connectivity index (χ1n) is 7.17. The monoisotopic (exact) mass is 224 g/mol. The van der Waals surface area contributed by atoms with Crippen LogP contribution in [0.5, 0.6) is 0 Å². The zero-order valence-corrected chi connectivity index (χ0v) is 11.0. The molecule has 0 spiro atoms. The standard InChI is InChI=1S/C14H28N2/c1-12-7-3-5-9-14(12,11-15)16-10-6-4-8-13(16)2/h12-13H,3-11,15H2,1-2H3. The van der Waals surface area contributed by atoms with Crippen LogP contribution in [0, 0.1) is 5.92 Å². The fourth-order valence-electron chi connectivity index (χ4n) is 4.00. The fraction of sp³-hybridized carbons (Fsp3) is 1.00. The summed E-state index contributed by atoms with van der Waals surface area (Å²) < 4.78 is 0. The first-order chi connectivity index (χ1) is 7.70. The van der Waals surface area contributed by atoms with Crippen molar-refractivity contribution in [3.05, 3.63) is 0 Å². The molecule has 1 saturated carbocycles. The van der Waals surface area contributed by atoms with Crippen molar-refractivity contribution in [3.8, 4) is 0 Å². The molecule has 3 unspecified atom stereocenters. The van der Waals surface area contributed by atoms with Crippen molar-refractivity contribution in [3.63, 3.8) is 0 Å². The number of hydrogen-bond acceptors (Lipinski definition) is 2. The zero-order valence-electron chi connectivity index (χ0n) is 11.0. The maximum atomic E-state index is 6.18. The van der Waals surface area contributed by atoms with E-state index < -0.39 is 0 Å². The van der Waals surface area contributed by atoms with Crippen molar-refractivity contribution in [1.29, 1.82) is 0 Å². The molecule has 1 aliphatic carbocycles. The topological polar surface area (TPSA) is 29.3 Å². The van der Waals surface area contributed by atoms with Gasteiger partial charge < -0.3 is 5.73 Å². The highest BCUT2D eigenvalue weighted by molar-refractivity contribution is 5.00. The largest absolute Gasteiger partial charge is 0.329 e. The van der Waals surface area contributed by atoms with Gasteiger partial charge >= 0.3 is 0 Å². The number of rotatable bonds is 2. The highest BCUT2D eigenvalue weighted by atomic mass is 15.2. The van der Waals surface area contributed by atoms with Gasteiger partial charge in [-0.25, -0.2) is 0 Å². The van der Waals surface area contributed by atoms with Crippen LogP contribution >= 0.6 is 0 Å². The van der Waals surface area contributed by atoms with Crippen LogP contribution in [0.3, 0.4) is 0 Å². The second kappa shape index (κ2) is 5.05. The highest BCUT2D eigenvalue weighted by Crippen LogP contribution is 2.40. The van der Waals surface area contributed by atoms with E-state index in [1.54, 1.807) is 0 Å². The lowest BCUT2D eigenvalue weighted by atomic mass is 9.71. The Labute approximate surface area is 101 Å². The molecule has 2 N–H and O–H groups in total. The van der Waals surface area contributed by atoms with Gasteiger partial charge in [0.05, 0.1) is 0 Å². The molecule has 0 aromatic heterocycles. The molecule has 2 nitrogen and oxygen atoms in total. The average molecular weight is 224 g/mol. The molecule has 2 rings (SSSR count). The Bertz CT molecular complexity index is 229. The lowest BCUT2D eigenvalue weighted by Gasteiger charge is -2.54. The predicted molar refractivity (Wildman–Crippen MR) is 69.4 cm³/mol. The van der Waals surface area contributed by atoms with Gasteiger partial charge in [0.15, 0.2) is 0 Å². The number of likely N-dealkylation sites (tertiary alicyclic amines) is 1. The van der Waals surface area contributed by atoms with Crippen LogP contribution in [-0.2, 0) is 0 Å².